The Hall–Kier alpha value is -4.93. The molecule has 5 heterocycles. The fraction of sp³-hybridized carbons (Fsp3) is 0.154. The molecule has 1 fully saturated rings. The first kappa shape index (κ1) is 21.4. The van der Waals surface area contributed by atoms with E-state index in [9.17, 15) is 4.79 Å². The molecule has 0 aliphatic heterocycles. The number of fused-ring (bicyclic) bond motifs is 2. The maximum absolute atomic E-state index is 15.2. The molecule has 1 aromatic carbocycles. The van der Waals surface area contributed by atoms with Gasteiger partial charge in [-0.15, -0.1) is 0 Å². The molecule has 0 bridgehead atoms. The van der Waals surface area contributed by atoms with Crippen molar-refractivity contribution in [3.05, 3.63) is 66.9 Å². The number of nitrogens with zero attached hydrogens (tertiary/aromatic N) is 6. The van der Waals surface area contributed by atoms with Crippen LogP contribution in [-0.2, 0) is 4.79 Å². The van der Waals surface area contributed by atoms with Crippen molar-refractivity contribution < 1.29 is 9.18 Å². The summed E-state index contributed by atoms with van der Waals surface area (Å²) in [5, 5.41) is 10.9. The highest BCUT2D eigenvalue weighted by Gasteiger charge is 2.29. The molecule has 3 N–H and O–H groups in total. The number of rotatable bonds is 5. The largest absolute Gasteiger partial charge is 0.336 e. The van der Waals surface area contributed by atoms with Crippen LogP contribution in [0.3, 0.4) is 0 Å². The highest BCUT2D eigenvalue weighted by molar-refractivity contribution is 5.97. The van der Waals surface area contributed by atoms with Gasteiger partial charge in [0.1, 0.15) is 23.4 Å². The lowest BCUT2D eigenvalue weighted by molar-refractivity contribution is -0.117. The summed E-state index contributed by atoms with van der Waals surface area (Å²) in [5.41, 5.74) is 4.83. The fourth-order valence-electron chi connectivity index (χ4n) is 4.44. The van der Waals surface area contributed by atoms with Crippen molar-refractivity contribution in [3.8, 4) is 28.5 Å². The highest BCUT2D eigenvalue weighted by atomic mass is 19.1. The van der Waals surface area contributed by atoms with Crippen LogP contribution in [0.4, 0.5) is 10.1 Å². The molecular formula is C26H20FN9O. The van der Waals surface area contributed by atoms with E-state index in [-0.39, 0.29) is 11.8 Å². The van der Waals surface area contributed by atoms with Gasteiger partial charge in [-0.3, -0.25) is 19.4 Å². The molecule has 1 amide bonds. The summed E-state index contributed by atoms with van der Waals surface area (Å²) in [6.45, 7) is 1.91. The second-order valence-electron chi connectivity index (χ2n) is 9.21. The molecule has 10 nitrogen and oxygen atoms in total. The molecule has 6 aromatic rings. The van der Waals surface area contributed by atoms with Crippen LogP contribution >= 0.6 is 0 Å². The molecule has 7 rings (SSSR count). The highest BCUT2D eigenvalue weighted by Crippen LogP contribution is 2.34. The number of benzene rings is 1. The summed E-state index contributed by atoms with van der Waals surface area (Å²) < 4.78 is 17.0. The van der Waals surface area contributed by atoms with Crippen LogP contribution in [0.5, 0.6) is 0 Å². The first-order chi connectivity index (χ1) is 18.0. The van der Waals surface area contributed by atoms with E-state index in [2.05, 4.69) is 35.5 Å². The number of halogens is 1. The zero-order valence-electron chi connectivity index (χ0n) is 19.7. The van der Waals surface area contributed by atoms with E-state index in [1.165, 1.54) is 6.07 Å². The number of hydrogen-bond donors (Lipinski definition) is 3. The van der Waals surface area contributed by atoms with Gasteiger partial charge in [-0.2, -0.15) is 5.10 Å². The summed E-state index contributed by atoms with van der Waals surface area (Å²) in [6.07, 6.45) is 10.2. The monoisotopic (exact) mass is 493 g/mol. The maximum atomic E-state index is 15.2. The van der Waals surface area contributed by atoms with Crippen LogP contribution in [0.15, 0.2) is 55.4 Å². The number of amides is 1. The summed E-state index contributed by atoms with van der Waals surface area (Å²) in [5.74, 6) is 0.762. The number of carbonyl (C=O) groups excluding carboxylic acids is 1. The smallest absolute Gasteiger partial charge is 0.227 e. The van der Waals surface area contributed by atoms with Crippen molar-refractivity contribution >= 4 is 33.5 Å². The molecule has 182 valence electrons. The number of pyridine rings is 2. The number of anilines is 1. The van der Waals surface area contributed by atoms with E-state index >= 15 is 4.39 Å². The molecule has 1 saturated carbocycles. The SMILES string of the molecule is Cc1cn(-c2nccc3[nH]c(-c4n[nH]c5cc(F)c(-c6cncc(NC(=O)C7CC7)c6)cc45)nc23)cn1. The third-order valence-electron chi connectivity index (χ3n) is 6.48. The van der Waals surface area contributed by atoms with Crippen LogP contribution in [0.2, 0.25) is 0 Å². The van der Waals surface area contributed by atoms with Gasteiger partial charge in [0.25, 0.3) is 0 Å². The Bertz CT molecular complexity index is 1830. The number of aromatic nitrogens is 8. The molecule has 0 radical (unpaired) electrons. The van der Waals surface area contributed by atoms with Gasteiger partial charge in [-0.25, -0.2) is 19.3 Å². The number of aryl methyl sites for hydroxylation is 1. The predicted molar refractivity (Wildman–Crippen MR) is 135 cm³/mol. The summed E-state index contributed by atoms with van der Waals surface area (Å²) >= 11 is 0. The minimum Gasteiger partial charge on any atom is -0.336 e. The molecule has 11 heteroatoms. The van der Waals surface area contributed by atoms with E-state index in [1.54, 1.807) is 37.1 Å². The maximum Gasteiger partial charge on any atom is 0.227 e. The van der Waals surface area contributed by atoms with Crippen LogP contribution in [-0.4, -0.2) is 45.6 Å². The van der Waals surface area contributed by atoms with E-state index < -0.39 is 5.82 Å². The number of imidazole rings is 2. The average Bonchev–Trinajstić information content (AvgIpc) is 3.31. The van der Waals surface area contributed by atoms with Gasteiger partial charge in [0.05, 0.1) is 28.6 Å². The summed E-state index contributed by atoms with van der Waals surface area (Å²) in [7, 11) is 0. The lowest BCUT2D eigenvalue weighted by Crippen LogP contribution is -2.13. The zero-order chi connectivity index (χ0) is 25.1. The van der Waals surface area contributed by atoms with E-state index in [0.717, 1.165) is 24.1 Å². The molecule has 0 unspecified atom stereocenters. The molecule has 5 aromatic heterocycles. The fourth-order valence-corrected chi connectivity index (χ4v) is 4.44. The summed E-state index contributed by atoms with van der Waals surface area (Å²) in [6, 6.07) is 6.69. The Balaban J connectivity index is 1.31. The van der Waals surface area contributed by atoms with Crippen molar-refractivity contribution in [1.29, 1.82) is 0 Å². The summed E-state index contributed by atoms with van der Waals surface area (Å²) in [4.78, 5) is 33.2. The predicted octanol–water partition coefficient (Wildman–Crippen LogP) is 4.54. The molecule has 0 saturated heterocycles. The molecule has 1 aliphatic rings. The van der Waals surface area contributed by atoms with Crippen LogP contribution in [0, 0.1) is 18.7 Å². The lowest BCUT2D eigenvalue weighted by atomic mass is 10.0. The number of H-pyrrole nitrogens is 2. The van der Waals surface area contributed by atoms with Crippen molar-refractivity contribution in [1.82, 2.24) is 39.7 Å². The van der Waals surface area contributed by atoms with Crippen molar-refractivity contribution in [2.45, 2.75) is 19.8 Å². The molecule has 37 heavy (non-hydrogen) atoms. The minimum absolute atomic E-state index is 0.0309. The average molecular weight is 494 g/mol. The molecule has 0 spiro atoms. The Morgan fingerprint density at radius 2 is 2.05 bits per heavy atom. The second kappa shape index (κ2) is 8.05. The van der Waals surface area contributed by atoms with Gasteiger partial charge in [0.15, 0.2) is 11.6 Å². The quantitative estimate of drug-likeness (QED) is 0.323. The lowest BCUT2D eigenvalue weighted by Gasteiger charge is -2.08. The number of nitrogens with one attached hydrogen (secondary N) is 3. The van der Waals surface area contributed by atoms with Gasteiger partial charge >= 0.3 is 0 Å². The standard InChI is InChI=1S/C26H20FN9O/c1-13-11-36(12-30-13)25-23-20(4-5-29-25)32-24(33-23)22-18-7-17(19(27)8-21(18)34-35-22)15-6-16(10-28-9-15)31-26(37)14-2-3-14/h4-12,14H,2-3H2,1H3,(H,31,37)(H,32,33)(H,34,35). The second-order valence-corrected chi connectivity index (χ2v) is 9.21. The van der Waals surface area contributed by atoms with Crippen molar-refractivity contribution in [3.63, 3.8) is 0 Å². The third kappa shape index (κ3) is 3.71. The van der Waals surface area contributed by atoms with Crippen molar-refractivity contribution in [2.75, 3.05) is 5.32 Å². The zero-order valence-corrected chi connectivity index (χ0v) is 19.7. The molecule has 1 aliphatic carbocycles. The van der Waals surface area contributed by atoms with Crippen LogP contribution in [0.25, 0.3) is 50.4 Å². The molecule has 0 atom stereocenters. The Morgan fingerprint density at radius 3 is 2.86 bits per heavy atom. The Kier molecular flexibility index (Phi) is 4.65. The first-order valence-corrected chi connectivity index (χ1v) is 11.8. The number of carbonyl (C=O) groups is 1. The van der Waals surface area contributed by atoms with Crippen molar-refractivity contribution in [2.24, 2.45) is 5.92 Å². The number of hydrogen-bond acceptors (Lipinski definition) is 6. The topological polar surface area (TPSA) is 130 Å². The van der Waals surface area contributed by atoms with Gasteiger partial charge in [-0.1, -0.05) is 0 Å². The van der Waals surface area contributed by atoms with Gasteiger partial charge in [0.2, 0.25) is 5.91 Å². The van der Waals surface area contributed by atoms with Crippen LogP contribution < -0.4 is 5.32 Å². The Morgan fingerprint density at radius 1 is 1.16 bits per heavy atom. The van der Waals surface area contributed by atoms with E-state index in [1.807, 2.05) is 23.8 Å². The van der Waals surface area contributed by atoms with Gasteiger partial charge in [-0.05, 0) is 38.0 Å². The van der Waals surface area contributed by atoms with Gasteiger partial charge in [0, 0.05) is 47.1 Å². The first-order valence-electron chi connectivity index (χ1n) is 11.8. The molecular weight excluding hydrogens is 473 g/mol. The Labute approximate surface area is 209 Å². The number of aromatic amines is 2. The van der Waals surface area contributed by atoms with Crippen LogP contribution in [0.1, 0.15) is 18.5 Å². The minimum atomic E-state index is -0.429. The van der Waals surface area contributed by atoms with E-state index in [4.69, 9.17) is 4.98 Å². The normalized spacial score (nSPS) is 13.5. The third-order valence-corrected chi connectivity index (χ3v) is 6.48. The van der Waals surface area contributed by atoms with Gasteiger partial charge < -0.3 is 10.3 Å². The van der Waals surface area contributed by atoms with E-state index in [0.29, 0.717) is 50.6 Å².